The molecule has 1 saturated heterocycles. The van der Waals surface area contributed by atoms with Crippen LogP contribution < -0.4 is 4.74 Å². The van der Waals surface area contributed by atoms with Crippen molar-refractivity contribution in [1.82, 2.24) is 4.90 Å². The average molecular weight is 618 g/mol. The number of ether oxygens (including phenoxy) is 2. The van der Waals surface area contributed by atoms with E-state index in [0.29, 0.717) is 36.3 Å². The number of hydrogen-bond acceptors (Lipinski definition) is 3. The summed E-state index contributed by atoms with van der Waals surface area (Å²) >= 11 is 5.47. The van der Waals surface area contributed by atoms with E-state index in [1.807, 2.05) is 13.8 Å². The summed E-state index contributed by atoms with van der Waals surface area (Å²) in [5.74, 6) is -0.0548. The topological polar surface area (TPSA) is 21.7 Å². The molecule has 1 heterocycles. The molecular formula is C31H34F7NO2S. The summed E-state index contributed by atoms with van der Waals surface area (Å²) in [5, 5.41) is -0.0114. The van der Waals surface area contributed by atoms with Gasteiger partial charge in [-0.15, -0.1) is 0 Å². The van der Waals surface area contributed by atoms with Gasteiger partial charge in [-0.3, -0.25) is 0 Å². The second-order valence-corrected chi connectivity index (χ2v) is 12.5. The molecule has 230 valence electrons. The zero-order chi connectivity index (χ0) is 31.4. The van der Waals surface area contributed by atoms with Crippen molar-refractivity contribution in [1.29, 1.82) is 0 Å². The minimum Gasteiger partial charge on any atom is -0.496 e. The van der Waals surface area contributed by atoms with Crippen molar-refractivity contribution in [3.8, 4) is 5.75 Å². The molecule has 0 unspecified atom stereocenters. The van der Waals surface area contributed by atoms with Gasteiger partial charge in [-0.25, -0.2) is 4.39 Å². The Morgan fingerprint density at radius 3 is 2.14 bits per heavy atom. The van der Waals surface area contributed by atoms with Gasteiger partial charge in [0.15, 0.2) is 0 Å². The van der Waals surface area contributed by atoms with E-state index in [0.717, 1.165) is 23.1 Å². The van der Waals surface area contributed by atoms with Crippen LogP contribution >= 0.6 is 12.2 Å². The van der Waals surface area contributed by atoms with Crippen molar-refractivity contribution in [2.45, 2.75) is 84.3 Å². The van der Waals surface area contributed by atoms with Crippen molar-refractivity contribution >= 4 is 23.0 Å². The minimum absolute atomic E-state index is 0.0114. The van der Waals surface area contributed by atoms with E-state index in [-0.39, 0.29) is 40.5 Å². The van der Waals surface area contributed by atoms with Crippen LogP contribution in [0.1, 0.15) is 93.7 Å². The summed E-state index contributed by atoms with van der Waals surface area (Å²) < 4.78 is 107. The molecule has 3 nitrogen and oxygen atoms in total. The fraction of sp³-hybridized carbons (Fsp3) is 0.516. The number of benzene rings is 2. The molecule has 0 saturated carbocycles. The zero-order valence-corrected chi connectivity index (χ0v) is 25.1. The van der Waals surface area contributed by atoms with Gasteiger partial charge in [0.05, 0.1) is 24.3 Å². The van der Waals surface area contributed by atoms with Crippen LogP contribution in [-0.4, -0.2) is 29.8 Å². The molecule has 0 amide bonds. The van der Waals surface area contributed by atoms with Crippen LogP contribution in [0.25, 0.3) is 5.57 Å². The van der Waals surface area contributed by atoms with Gasteiger partial charge in [-0.05, 0) is 96.3 Å². The number of halogens is 7. The van der Waals surface area contributed by atoms with Gasteiger partial charge in [0.1, 0.15) is 17.7 Å². The van der Waals surface area contributed by atoms with Gasteiger partial charge in [-0.2, -0.15) is 26.3 Å². The fourth-order valence-corrected chi connectivity index (χ4v) is 6.15. The third kappa shape index (κ3) is 6.55. The van der Waals surface area contributed by atoms with Crippen LogP contribution in [0.3, 0.4) is 0 Å². The predicted octanol–water partition coefficient (Wildman–Crippen LogP) is 9.71. The van der Waals surface area contributed by atoms with Crippen LogP contribution in [0.2, 0.25) is 0 Å². The highest BCUT2D eigenvalue weighted by Crippen LogP contribution is 2.47. The highest BCUT2D eigenvalue weighted by atomic mass is 32.1. The number of alkyl halides is 6. The molecule has 0 bridgehead atoms. The predicted molar refractivity (Wildman–Crippen MR) is 151 cm³/mol. The lowest BCUT2D eigenvalue weighted by Crippen LogP contribution is -2.35. The summed E-state index contributed by atoms with van der Waals surface area (Å²) in [6, 6.07) is 3.99. The maximum absolute atomic E-state index is 14.8. The van der Waals surface area contributed by atoms with Crippen LogP contribution in [0.4, 0.5) is 30.7 Å². The Morgan fingerprint density at radius 2 is 1.62 bits per heavy atom. The Hall–Kier alpha value is -2.82. The van der Waals surface area contributed by atoms with E-state index in [9.17, 15) is 30.7 Å². The SMILES string of the molecule is COc1cc(F)c(C(C)C)cc1C1=C(CN2C(=S)O[C@H](c3cc(C(F)(F)F)cc(C(F)(F)F)c3)[C@@H]2C)CC(C)(C)CC1. The quantitative estimate of drug-likeness (QED) is 0.238. The first kappa shape index (κ1) is 32.1. The molecule has 0 spiro atoms. The van der Waals surface area contributed by atoms with Crippen molar-refractivity contribution < 1.29 is 40.2 Å². The summed E-state index contributed by atoms with van der Waals surface area (Å²) in [6.07, 6.45) is -8.92. The van der Waals surface area contributed by atoms with Crippen molar-refractivity contribution in [3.63, 3.8) is 0 Å². The molecule has 2 aliphatic rings. The number of methoxy groups -OCH3 is 1. The second kappa shape index (κ2) is 11.4. The van der Waals surface area contributed by atoms with Crippen molar-refractivity contribution in [3.05, 3.63) is 69.5 Å². The first-order valence-electron chi connectivity index (χ1n) is 13.7. The molecule has 0 aromatic heterocycles. The number of rotatable bonds is 6. The van der Waals surface area contributed by atoms with Gasteiger partial charge in [0.2, 0.25) is 0 Å². The van der Waals surface area contributed by atoms with E-state index in [1.54, 1.807) is 17.9 Å². The van der Waals surface area contributed by atoms with Gasteiger partial charge >= 0.3 is 12.4 Å². The summed E-state index contributed by atoms with van der Waals surface area (Å²) in [4.78, 5) is 1.70. The third-order valence-corrected chi connectivity index (χ3v) is 8.46. The van der Waals surface area contributed by atoms with Crippen molar-refractivity contribution in [2.24, 2.45) is 5.41 Å². The van der Waals surface area contributed by atoms with E-state index in [1.165, 1.54) is 13.2 Å². The molecule has 2 aromatic rings. The van der Waals surface area contributed by atoms with E-state index in [2.05, 4.69) is 13.8 Å². The number of thiocarbonyl (C=S) groups is 1. The molecule has 2 aromatic carbocycles. The lowest BCUT2D eigenvalue weighted by Gasteiger charge is -2.36. The van der Waals surface area contributed by atoms with Crippen LogP contribution in [0.15, 0.2) is 35.9 Å². The zero-order valence-electron chi connectivity index (χ0n) is 24.3. The molecular weight excluding hydrogens is 583 g/mol. The number of nitrogens with zero attached hydrogens (tertiary/aromatic N) is 1. The third-order valence-electron chi connectivity index (χ3n) is 8.13. The van der Waals surface area contributed by atoms with E-state index >= 15 is 0 Å². The fourth-order valence-electron chi connectivity index (χ4n) is 5.82. The van der Waals surface area contributed by atoms with Gasteiger partial charge in [0, 0.05) is 18.2 Å². The maximum atomic E-state index is 14.8. The summed E-state index contributed by atoms with van der Waals surface area (Å²) in [7, 11) is 1.47. The Balaban J connectivity index is 1.76. The first-order chi connectivity index (χ1) is 19.3. The monoisotopic (exact) mass is 617 g/mol. The largest absolute Gasteiger partial charge is 0.496 e. The Kier molecular flexibility index (Phi) is 8.68. The van der Waals surface area contributed by atoms with Crippen LogP contribution in [0.5, 0.6) is 5.75 Å². The number of hydrogen-bond donors (Lipinski definition) is 0. The standard InChI is InChI=1S/C31H34F7NO2S/c1-16(2)23-12-24(26(40-6)13-25(23)32)22-7-8-29(4,5)14-19(22)15-39-17(3)27(41-28(39)42)18-9-20(30(33,34)35)11-21(10-18)31(36,37)38/h9-13,16-17,27H,7-8,14-15H2,1-6H3/t17-,27-/m0/s1. The first-order valence-corrected chi connectivity index (χ1v) is 14.1. The summed E-state index contributed by atoms with van der Waals surface area (Å²) in [5.41, 5.74) is 0.0907. The highest BCUT2D eigenvalue weighted by Gasteiger charge is 2.43. The van der Waals surface area contributed by atoms with Crippen molar-refractivity contribution in [2.75, 3.05) is 13.7 Å². The lowest BCUT2D eigenvalue weighted by atomic mass is 9.72. The lowest BCUT2D eigenvalue weighted by molar-refractivity contribution is -0.143. The Labute approximate surface area is 246 Å². The molecule has 0 radical (unpaired) electrons. The molecule has 4 rings (SSSR count). The average Bonchev–Trinajstić information content (AvgIpc) is 3.15. The van der Waals surface area contributed by atoms with Crippen LogP contribution in [-0.2, 0) is 17.1 Å². The number of allylic oxidation sites excluding steroid dienone is 1. The molecule has 1 aliphatic carbocycles. The smallest absolute Gasteiger partial charge is 0.416 e. The molecule has 2 atom stereocenters. The van der Waals surface area contributed by atoms with E-state index < -0.39 is 35.6 Å². The molecule has 11 heteroatoms. The Bertz CT molecular complexity index is 1360. The molecule has 1 aliphatic heterocycles. The normalized spacial score (nSPS) is 21.3. The highest BCUT2D eigenvalue weighted by molar-refractivity contribution is 7.80. The molecule has 42 heavy (non-hydrogen) atoms. The van der Waals surface area contributed by atoms with Gasteiger partial charge in [0.25, 0.3) is 5.17 Å². The second-order valence-electron chi connectivity index (χ2n) is 12.2. The Morgan fingerprint density at radius 1 is 1.02 bits per heavy atom. The molecule has 1 fully saturated rings. The van der Waals surface area contributed by atoms with Crippen LogP contribution in [0, 0.1) is 11.2 Å². The van der Waals surface area contributed by atoms with Gasteiger partial charge in [-0.1, -0.05) is 27.7 Å². The van der Waals surface area contributed by atoms with Gasteiger partial charge < -0.3 is 14.4 Å². The maximum Gasteiger partial charge on any atom is 0.416 e. The van der Waals surface area contributed by atoms with E-state index in [4.69, 9.17) is 21.7 Å². The summed E-state index contributed by atoms with van der Waals surface area (Å²) in [6.45, 7) is 9.95. The molecule has 0 N–H and O–H groups in total. The minimum atomic E-state index is -4.98.